The Balaban J connectivity index is 1.82. The second-order valence-electron chi connectivity index (χ2n) is 5.51. The fourth-order valence-corrected chi connectivity index (χ4v) is 2.78. The normalized spacial score (nSPS) is 18.4. The van der Waals surface area contributed by atoms with Crippen LogP contribution in [0.15, 0.2) is 24.4 Å². The average molecular weight is 247 g/mol. The Bertz CT molecular complexity index is 344. The first-order valence-corrected chi connectivity index (χ1v) is 7.13. The van der Waals surface area contributed by atoms with E-state index in [0.717, 1.165) is 31.7 Å². The molecule has 0 aromatic carbocycles. The zero-order chi connectivity index (χ0) is 12.8. The van der Waals surface area contributed by atoms with Gasteiger partial charge in [-0.05, 0) is 37.9 Å². The van der Waals surface area contributed by atoms with Crippen molar-refractivity contribution in [2.75, 3.05) is 13.1 Å². The van der Waals surface area contributed by atoms with Gasteiger partial charge in [-0.3, -0.25) is 9.88 Å². The number of rotatable bonds is 6. The van der Waals surface area contributed by atoms with Crippen LogP contribution in [0.3, 0.4) is 0 Å². The van der Waals surface area contributed by atoms with Crippen molar-refractivity contribution in [2.24, 2.45) is 5.73 Å². The molecule has 100 valence electrons. The van der Waals surface area contributed by atoms with Crippen molar-refractivity contribution in [3.05, 3.63) is 30.1 Å². The summed E-state index contributed by atoms with van der Waals surface area (Å²) < 4.78 is 0. The minimum atomic E-state index is 0.109. The van der Waals surface area contributed by atoms with E-state index >= 15 is 0 Å². The summed E-state index contributed by atoms with van der Waals surface area (Å²) in [6, 6.07) is 6.11. The topological polar surface area (TPSA) is 42.1 Å². The Hall–Kier alpha value is -0.930. The smallest absolute Gasteiger partial charge is 0.0543 e. The number of pyridine rings is 1. The molecule has 1 heterocycles. The van der Waals surface area contributed by atoms with Gasteiger partial charge in [0.15, 0.2) is 0 Å². The summed E-state index contributed by atoms with van der Waals surface area (Å²) in [5, 5.41) is 0. The molecule has 1 fully saturated rings. The van der Waals surface area contributed by atoms with Crippen molar-refractivity contribution < 1.29 is 0 Å². The number of aromatic nitrogens is 1. The standard InChI is InChI=1S/C15H25N3/c1-2-18(13-14-7-3-6-11-17-14)12-10-15(16)8-4-5-9-15/h3,6-7,11H,2,4-5,8-10,12-13,16H2,1H3. The highest BCUT2D eigenvalue weighted by molar-refractivity contribution is 5.03. The van der Waals surface area contributed by atoms with Crippen molar-refractivity contribution in [3.63, 3.8) is 0 Å². The van der Waals surface area contributed by atoms with Gasteiger partial charge < -0.3 is 5.73 Å². The maximum Gasteiger partial charge on any atom is 0.0543 e. The molecule has 0 saturated heterocycles. The third kappa shape index (κ3) is 3.79. The van der Waals surface area contributed by atoms with Gasteiger partial charge in [0.2, 0.25) is 0 Å². The van der Waals surface area contributed by atoms with Gasteiger partial charge >= 0.3 is 0 Å². The molecule has 3 nitrogen and oxygen atoms in total. The van der Waals surface area contributed by atoms with Crippen LogP contribution in [-0.4, -0.2) is 28.5 Å². The summed E-state index contributed by atoms with van der Waals surface area (Å²) in [5.74, 6) is 0. The van der Waals surface area contributed by atoms with Gasteiger partial charge in [-0.25, -0.2) is 0 Å². The fraction of sp³-hybridized carbons (Fsp3) is 0.667. The summed E-state index contributed by atoms with van der Waals surface area (Å²) >= 11 is 0. The third-order valence-electron chi connectivity index (χ3n) is 4.08. The van der Waals surface area contributed by atoms with Crippen LogP contribution in [0.5, 0.6) is 0 Å². The van der Waals surface area contributed by atoms with E-state index in [-0.39, 0.29) is 5.54 Å². The minimum absolute atomic E-state index is 0.109. The monoisotopic (exact) mass is 247 g/mol. The molecule has 0 unspecified atom stereocenters. The highest BCUT2D eigenvalue weighted by Crippen LogP contribution is 2.30. The summed E-state index contributed by atoms with van der Waals surface area (Å²) in [6.45, 7) is 5.30. The van der Waals surface area contributed by atoms with E-state index in [1.165, 1.54) is 25.7 Å². The molecular weight excluding hydrogens is 222 g/mol. The summed E-state index contributed by atoms with van der Waals surface area (Å²) in [6.07, 6.45) is 8.01. The van der Waals surface area contributed by atoms with Crippen LogP contribution in [0, 0.1) is 0 Å². The van der Waals surface area contributed by atoms with Crippen LogP contribution in [-0.2, 0) is 6.54 Å². The van der Waals surface area contributed by atoms with Gasteiger partial charge in [0.05, 0.1) is 5.69 Å². The van der Waals surface area contributed by atoms with Gasteiger partial charge in [-0.1, -0.05) is 25.8 Å². The predicted octanol–water partition coefficient (Wildman–Crippen LogP) is 2.57. The maximum absolute atomic E-state index is 6.41. The molecule has 1 aliphatic carbocycles. The SMILES string of the molecule is CCN(CCC1(N)CCCC1)Cc1ccccn1. The average Bonchev–Trinajstić information content (AvgIpc) is 2.83. The number of hydrogen-bond donors (Lipinski definition) is 1. The van der Waals surface area contributed by atoms with Crippen LogP contribution in [0.4, 0.5) is 0 Å². The Morgan fingerprint density at radius 3 is 2.72 bits per heavy atom. The predicted molar refractivity (Wildman–Crippen MR) is 75.2 cm³/mol. The Labute approximate surface area is 110 Å². The zero-order valence-electron chi connectivity index (χ0n) is 11.4. The second-order valence-corrected chi connectivity index (χ2v) is 5.51. The molecule has 3 heteroatoms. The minimum Gasteiger partial charge on any atom is -0.325 e. The Morgan fingerprint density at radius 1 is 1.33 bits per heavy atom. The number of hydrogen-bond acceptors (Lipinski definition) is 3. The van der Waals surface area contributed by atoms with E-state index in [9.17, 15) is 0 Å². The maximum atomic E-state index is 6.41. The van der Waals surface area contributed by atoms with Crippen molar-refractivity contribution in [3.8, 4) is 0 Å². The van der Waals surface area contributed by atoms with Crippen molar-refractivity contribution >= 4 is 0 Å². The van der Waals surface area contributed by atoms with E-state index in [1.807, 2.05) is 12.3 Å². The van der Waals surface area contributed by atoms with E-state index in [1.54, 1.807) is 0 Å². The Kier molecular flexibility index (Phi) is 4.72. The number of nitrogens with two attached hydrogens (primary N) is 1. The lowest BCUT2D eigenvalue weighted by Gasteiger charge is -2.28. The number of nitrogens with zero attached hydrogens (tertiary/aromatic N) is 2. The largest absolute Gasteiger partial charge is 0.325 e. The molecule has 2 N–H and O–H groups in total. The highest BCUT2D eigenvalue weighted by atomic mass is 15.1. The molecule has 0 radical (unpaired) electrons. The first kappa shape index (κ1) is 13.5. The van der Waals surface area contributed by atoms with Crippen LogP contribution in [0.1, 0.15) is 44.7 Å². The van der Waals surface area contributed by atoms with E-state index in [4.69, 9.17) is 5.73 Å². The van der Waals surface area contributed by atoms with E-state index < -0.39 is 0 Å². The molecule has 1 aromatic rings. The van der Waals surface area contributed by atoms with Gasteiger partial charge in [-0.2, -0.15) is 0 Å². The molecule has 1 aliphatic rings. The third-order valence-corrected chi connectivity index (χ3v) is 4.08. The molecule has 1 saturated carbocycles. The molecule has 0 amide bonds. The molecular formula is C15H25N3. The molecule has 1 aromatic heterocycles. The lowest BCUT2D eigenvalue weighted by atomic mass is 9.94. The molecule has 0 spiro atoms. The van der Waals surface area contributed by atoms with Crippen LogP contribution < -0.4 is 5.73 Å². The summed E-state index contributed by atoms with van der Waals surface area (Å²) in [5.41, 5.74) is 7.67. The van der Waals surface area contributed by atoms with Gasteiger partial charge in [0.25, 0.3) is 0 Å². The molecule has 0 aliphatic heterocycles. The highest BCUT2D eigenvalue weighted by Gasteiger charge is 2.29. The summed E-state index contributed by atoms with van der Waals surface area (Å²) in [7, 11) is 0. The first-order chi connectivity index (χ1) is 8.72. The van der Waals surface area contributed by atoms with E-state index in [0.29, 0.717) is 0 Å². The molecule has 2 rings (SSSR count). The van der Waals surface area contributed by atoms with Gasteiger partial charge in [0, 0.05) is 24.8 Å². The van der Waals surface area contributed by atoms with Gasteiger partial charge in [0.1, 0.15) is 0 Å². The molecule has 18 heavy (non-hydrogen) atoms. The summed E-state index contributed by atoms with van der Waals surface area (Å²) in [4.78, 5) is 6.83. The van der Waals surface area contributed by atoms with Crippen molar-refractivity contribution in [2.45, 2.75) is 51.1 Å². The lowest BCUT2D eigenvalue weighted by Crippen LogP contribution is -2.40. The zero-order valence-corrected chi connectivity index (χ0v) is 11.4. The van der Waals surface area contributed by atoms with E-state index in [2.05, 4.69) is 28.9 Å². The van der Waals surface area contributed by atoms with Crippen molar-refractivity contribution in [1.82, 2.24) is 9.88 Å². The van der Waals surface area contributed by atoms with Crippen molar-refractivity contribution in [1.29, 1.82) is 0 Å². The van der Waals surface area contributed by atoms with Crippen LogP contribution in [0.25, 0.3) is 0 Å². The fourth-order valence-electron chi connectivity index (χ4n) is 2.78. The first-order valence-electron chi connectivity index (χ1n) is 7.13. The molecule has 0 bridgehead atoms. The second kappa shape index (κ2) is 6.30. The van der Waals surface area contributed by atoms with Crippen LogP contribution in [0.2, 0.25) is 0 Å². The Morgan fingerprint density at radius 2 is 2.11 bits per heavy atom. The quantitative estimate of drug-likeness (QED) is 0.840. The van der Waals surface area contributed by atoms with Crippen LogP contribution >= 0.6 is 0 Å². The van der Waals surface area contributed by atoms with Gasteiger partial charge in [-0.15, -0.1) is 0 Å². The lowest BCUT2D eigenvalue weighted by molar-refractivity contribution is 0.239. The molecule has 0 atom stereocenters.